The van der Waals surface area contributed by atoms with E-state index in [-0.39, 0.29) is 5.56 Å². The third kappa shape index (κ3) is 2.37. The molecule has 0 fully saturated rings. The first kappa shape index (κ1) is 14.3. The van der Waals surface area contributed by atoms with Crippen molar-refractivity contribution in [3.63, 3.8) is 0 Å². The van der Waals surface area contributed by atoms with Crippen molar-refractivity contribution in [2.24, 2.45) is 0 Å². The molecule has 0 unspecified atom stereocenters. The SMILES string of the molecule is Cc1nn(-c2nc3c(cc2C(=O)O)CCCC3)c(C)c1Br. The van der Waals surface area contributed by atoms with Crippen molar-refractivity contribution in [3.05, 3.63) is 38.7 Å². The number of halogens is 1. The third-order valence-corrected chi connectivity index (χ3v) is 5.06. The smallest absolute Gasteiger partial charge is 0.339 e. The lowest BCUT2D eigenvalue weighted by Gasteiger charge is -2.17. The summed E-state index contributed by atoms with van der Waals surface area (Å²) >= 11 is 3.48. The lowest BCUT2D eigenvalue weighted by atomic mass is 9.95. The highest BCUT2D eigenvalue weighted by molar-refractivity contribution is 9.10. The van der Waals surface area contributed by atoms with Crippen molar-refractivity contribution in [2.75, 3.05) is 0 Å². The zero-order valence-electron chi connectivity index (χ0n) is 12.0. The molecule has 0 saturated carbocycles. The summed E-state index contributed by atoms with van der Waals surface area (Å²) in [5.41, 5.74) is 3.96. The monoisotopic (exact) mass is 349 g/mol. The van der Waals surface area contributed by atoms with E-state index in [1.54, 1.807) is 10.7 Å². The van der Waals surface area contributed by atoms with Crippen LogP contribution in [0.3, 0.4) is 0 Å². The number of hydrogen-bond donors (Lipinski definition) is 1. The highest BCUT2D eigenvalue weighted by Gasteiger charge is 2.22. The topological polar surface area (TPSA) is 68.0 Å². The molecule has 2 aromatic heterocycles. The van der Waals surface area contributed by atoms with Crippen LogP contribution in [0.4, 0.5) is 0 Å². The van der Waals surface area contributed by atoms with E-state index in [4.69, 9.17) is 0 Å². The number of fused-ring (bicyclic) bond motifs is 1. The lowest BCUT2D eigenvalue weighted by Crippen LogP contribution is -2.15. The molecule has 0 bridgehead atoms. The molecule has 5 nitrogen and oxygen atoms in total. The molecule has 110 valence electrons. The first-order chi connectivity index (χ1) is 9.99. The van der Waals surface area contributed by atoms with E-state index >= 15 is 0 Å². The summed E-state index contributed by atoms with van der Waals surface area (Å²) in [6.45, 7) is 3.78. The summed E-state index contributed by atoms with van der Waals surface area (Å²) in [6.07, 6.45) is 4.01. The average molecular weight is 350 g/mol. The minimum Gasteiger partial charge on any atom is -0.478 e. The van der Waals surface area contributed by atoms with Crippen LogP contribution in [0.25, 0.3) is 5.82 Å². The Labute approximate surface area is 131 Å². The molecule has 1 aliphatic carbocycles. The molecule has 2 heterocycles. The van der Waals surface area contributed by atoms with Gasteiger partial charge in [0.2, 0.25) is 0 Å². The van der Waals surface area contributed by atoms with E-state index in [2.05, 4.69) is 26.0 Å². The number of carboxylic acids is 1. The number of carboxylic acid groups (broad SMARTS) is 1. The summed E-state index contributed by atoms with van der Waals surface area (Å²) in [4.78, 5) is 16.2. The molecule has 0 radical (unpaired) electrons. The number of rotatable bonds is 2. The highest BCUT2D eigenvalue weighted by atomic mass is 79.9. The molecule has 21 heavy (non-hydrogen) atoms. The van der Waals surface area contributed by atoms with Crippen LogP contribution in [-0.2, 0) is 12.8 Å². The molecule has 3 rings (SSSR count). The Morgan fingerprint density at radius 1 is 1.33 bits per heavy atom. The van der Waals surface area contributed by atoms with E-state index in [0.29, 0.717) is 5.82 Å². The van der Waals surface area contributed by atoms with Crippen LogP contribution in [0.1, 0.15) is 45.8 Å². The Bertz CT molecular complexity index is 737. The van der Waals surface area contributed by atoms with Crippen molar-refractivity contribution in [3.8, 4) is 5.82 Å². The second-order valence-corrected chi connectivity index (χ2v) is 6.17. The van der Waals surface area contributed by atoms with Crippen LogP contribution in [0, 0.1) is 13.8 Å². The fourth-order valence-corrected chi connectivity index (χ4v) is 3.02. The van der Waals surface area contributed by atoms with Crippen LogP contribution in [0.15, 0.2) is 10.5 Å². The normalized spacial score (nSPS) is 14.0. The molecule has 1 N–H and O–H groups in total. The standard InChI is InChI=1S/C15H16BrN3O2/c1-8-13(16)9(2)19(18-8)14-11(15(20)21)7-10-5-3-4-6-12(10)17-14/h7H,3-6H2,1-2H3,(H,20,21). The summed E-state index contributed by atoms with van der Waals surface area (Å²) in [5.74, 6) is -0.552. The predicted octanol–water partition coefficient (Wildman–Crippen LogP) is 3.22. The van der Waals surface area contributed by atoms with Gasteiger partial charge in [-0.15, -0.1) is 0 Å². The Morgan fingerprint density at radius 2 is 2.05 bits per heavy atom. The van der Waals surface area contributed by atoms with Crippen molar-refractivity contribution in [2.45, 2.75) is 39.5 Å². The first-order valence-corrected chi connectivity index (χ1v) is 7.76. The van der Waals surface area contributed by atoms with Gasteiger partial charge in [-0.25, -0.2) is 14.5 Å². The molecule has 0 atom stereocenters. The van der Waals surface area contributed by atoms with E-state index in [9.17, 15) is 9.90 Å². The van der Waals surface area contributed by atoms with E-state index in [0.717, 1.165) is 52.8 Å². The molecule has 0 aromatic carbocycles. The lowest BCUT2D eigenvalue weighted by molar-refractivity contribution is 0.0696. The van der Waals surface area contributed by atoms with Gasteiger partial charge in [0.25, 0.3) is 0 Å². The maximum absolute atomic E-state index is 11.6. The summed E-state index contributed by atoms with van der Waals surface area (Å²) in [6, 6.07) is 1.77. The summed E-state index contributed by atoms with van der Waals surface area (Å²) in [5, 5.41) is 13.9. The maximum Gasteiger partial charge on any atom is 0.339 e. The average Bonchev–Trinajstić information content (AvgIpc) is 2.73. The van der Waals surface area contributed by atoms with Crippen molar-refractivity contribution >= 4 is 21.9 Å². The van der Waals surface area contributed by atoms with Crippen molar-refractivity contribution in [1.82, 2.24) is 14.8 Å². The van der Waals surface area contributed by atoms with E-state index < -0.39 is 5.97 Å². The van der Waals surface area contributed by atoms with Gasteiger partial charge >= 0.3 is 5.97 Å². The minimum atomic E-state index is -0.963. The fourth-order valence-electron chi connectivity index (χ4n) is 2.77. The molecule has 0 aliphatic heterocycles. The highest BCUT2D eigenvalue weighted by Crippen LogP contribution is 2.27. The Morgan fingerprint density at radius 3 is 2.67 bits per heavy atom. The number of aryl methyl sites for hydroxylation is 3. The van der Waals surface area contributed by atoms with Crippen LogP contribution in [0.5, 0.6) is 0 Å². The van der Waals surface area contributed by atoms with Crippen LogP contribution in [0.2, 0.25) is 0 Å². The zero-order valence-corrected chi connectivity index (χ0v) is 13.6. The summed E-state index contributed by atoms with van der Waals surface area (Å²) in [7, 11) is 0. The molecular weight excluding hydrogens is 334 g/mol. The molecule has 2 aromatic rings. The molecule has 1 aliphatic rings. The molecule has 0 spiro atoms. The van der Waals surface area contributed by atoms with Crippen LogP contribution >= 0.6 is 15.9 Å². The van der Waals surface area contributed by atoms with Crippen molar-refractivity contribution in [1.29, 1.82) is 0 Å². The number of pyridine rings is 1. The van der Waals surface area contributed by atoms with Crippen molar-refractivity contribution < 1.29 is 9.90 Å². The van der Waals surface area contributed by atoms with E-state index in [1.165, 1.54) is 0 Å². The van der Waals surface area contributed by atoms with Gasteiger partial charge in [-0.3, -0.25) is 0 Å². The van der Waals surface area contributed by atoms with Gasteiger partial charge in [0, 0.05) is 5.69 Å². The van der Waals surface area contributed by atoms with Gasteiger partial charge in [-0.2, -0.15) is 5.10 Å². The zero-order chi connectivity index (χ0) is 15.1. The quantitative estimate of drug-likeness (QED) is 0.903. The molecule has 6 heteroatoms. The number of aromatic carboxylic acids is 1. The van der Waals surface area contributed by atoms with Gasteiger partial charge in [-0.1, -0.05) is 0 Å². The van der Waals surface area contributed by atoms with Crippen LogP contribution < -0.4 is 0 Å². The fraction of sp³-hybridized carbons (Fsp3) is 0.400. The van der Waals surface area contributed by atoms with Gasteiger partial charge < -0.3 is 5.11 Å². The Balaban J connectivity index is 2.25. The Hall–Kier alpha value is -1.69. The maximum atomic E-state index is 11.6. The number of carbonyl (C=O) groups is 1. The van der Waals surface area contributed by atoms with Crippen LogP contribution in [-0.4, -0.2) is 25.8 Å². The first-order valence-electron chi connectivity index (χ1n) is 6.97. The molecule has 0 saturated heterocycles. The second-order valence-electron chi connectivity index (χ2n) is 5.37. The summed E-state index contributed by atoms with van der Waals surface area (Å²) < 4.78 is 2.51. The number of nitrogens with zero attached hydrogens (tertiary/aromatic N) is 3. The van der Waals surface area contributed by atoms with Gasteiger partial charge in [0.15, 0.2) is 5.82 Å². The Kier molecular flexibility index (Phi) is 3.57. The van der Waals surface area contributed by atoms with Gasteiger partial charge in [0.05, 0.1) is 15.9 Å². The largest absolute Gasteiger partial charge is 0.478 e. The predicted molar refractivity (Wildman–Crippen MR) is 82.1 cm³/mol. The third-order valence-electron chi connectivity index (χ3n) is 3.91. The minimum absolute atomic E-state index is 0.216. The molecule has 0 amide bonds. The number of aromatic nitrogens is 3. The van der Waals surface area contributed by atoms with E-state index in [1.807, 2.05) is 13.8 Å². The second kappa shape index (κ2) is 5.26. The van der Waals surface area contributed by atoms with Gasteiger partial charge in [-0.05, 0) is 67.1 Å². The van der Waals surface area contributed by atoms with Gasteiger partial charge in [0.1, 0.15) is 5.56 Å². The molecular formula is C15H16BrN3O2. The number of hydrogen-bond acceptors (Lipinski definition) is 3.